The van der Waals surface area contributed by atoms with Crippen LogP contribution in [0.1, 0.15) is 111 Å². The predicted molar refractivity (Wildman–Crippen MR) is 169 cm³/mol. The van der Waals surface area contributed by atoms with Crippen molar-refractivity contribution in [3.8, 4) is 0 Å². The summed E-state index contributed by atoms with van der Waals surface area (Å²) in [6.45, 7) is 23.0. The maximum atomic E-state index is 4.54. The lowest BCUT2D eigenvalue weighted by Crippen LogP contribution is -2.66. The predicted octanol–water partition coefficient (Wildman–Crippen LogP) is 10.5. The number of aromatic amines is 1. The summed E-state index contributed by atoms with van der Waals surface area (Å²) < 4.78 is 1.33. The highest BCUT2D eigenvalue weighted by Gasteiger charge is 2.70. The summed E-state index contributed by atoms with van der Waals surface area (Å²) in [5.41, 5.74) is 7.99. The highest BCUT2D eigenvalue weighted by molar-refractivity contribution is 14.1. The zero-order valence-electron chi connectivity index (χ0n) is 25.1. The second-order valence-corrected chi connectivity index (χ2v) is 17.7. The number of hydrogen-bond donors (Lipinski definition) is 1. The standard InChI is InChI=1S/C36H50IN/c1-21(2)23-13-15-33(5)17-18-35(7)26(30(23)33)11-12-29-34(6)20-25-24-10-9-22(37)19-27(24)38-31(25)32(3,4)28(34)14-16-36(29,35)8/h9-10,19,23,26,28-30,38H,1,11-18,20H2,2-8H3/t23-,26+,28-,29+,30+,33+,34-,35+,36+/m0/s1. The Morgan fingerprint density at radius 2 is 1.66 bits per heavy atom. The van der Waals surface area contributed by atoms with Gasteiger partial charge in [-0.3, -0.25) is 0 Å². The van der Waals surface area contributed by atoms with Gasteiger partial charge in [-0.25, -0.2) is 0 Å². The van der Waals surface area contributed by atoms with E-state index < -0.39 is 0 Å². The van der Waals surface area contributed by atoms with Crippen molar-refractivity contribution < 1.29 is 0 Å². The molecule has 0 amide bonds. The van der Waals surface area contributed by atoms with Gasteiger partial charge >= 0.3 is 0 Å². The van der Waals surface area contributed by atoms with Crippen molar-refractivity contribution in [2.45, 2.75) is 112 Å². The lowest BCUT2D eigenvalue weighted by molar-refractivity contribution is -0.223. The topological polar surface area (TPSA) is 15.8 Å². The largest absolute Gasteiger partial charge is 0.358 e. The quantitative estimate of drug-likeness (QED) is 0.240. The van der Waals surface area contributed by atoms with Crippen LogP contribution in [0.15, 0.2) is 30.4 Å². The van der Waals surface area contributed by atoms with Gasteiger partial charge in [0.1, 0.15) is 0 Å². The van der Waals surface area contributed by atoms with E-state index >= 15 is 0 Å². The van der Waals surface area contributed by atoms with Crippen LogP contribution in [-0.4, -0.2) is 4.98 Å². The molecule has 9 atom stereocenters. The molecule has 0 unspecified atom stereocenters. The Balaban J connectivity index is 1.33. The lowest BCUT2D eigenvalue weighted by Gasteiger charge is -2.72. The van der Waals surface area contributed by atoms with Crippen LogP contribution >= 0.6 is 22.6 Å². The van der Waals surface area contributed by atoms with Crippen molar-refractivity contribution in [2.24, 2.45) is 51.2 Å². The Labute approximate surface area is 245 Å². The maximum Gasteiger partial charge on any atom is 0.0469 e. The first kappa shape index (κ1) is 26.1. The van der Waals surface area contributed by atoms with Gasteiger partial charge in [-0.1, -0.05) is 59.8 Å². The minimum absolute atomic E-state index is 0.188. The van der Waals surface area contributed by atoms with Crippen molar-refractivity contribution in [3.05, 3.63) is 45.2 Å². The highest BCUT2D eigenvalue weighted by Crippen LogP contribution is 2.77. The van der Waals surface area contributed by atoms with Crippen molar-refractivity contribution in [3.63, 3.8) is 0 Å². The van der Waals surface area contributed by atoms with E-state index in [2.05, 4.69) is 101 Å². The molecule has 0 spiro atoms. The molecule has 4 fully saturated rings. The Kier molecular flexibility index (Phi) is 5.47. The van der Waals surface area contributed by atoms with Crippen molar-refractivity contribution in [1.29, 1.82) is 0 Å². The molecule has 1 aromatic heterocycles. The van der Waals surface area contributed by atoms with E-state index in [0.717, 1.165) is 29.6 Å². The molecule has 0 saturated heterocycles. The average Bonchev–Trinajstić information content (AvgIpc) is 3.37. The van der Waals surface area contributed by atoms with E-state index in [1.807, 2.05) is 0 Å². The molecule has 1 N–H and O–H groups in total. The zero-order valence-corrected chi connectivity index (χ0v) is 27.2. The molecule has 0 radical (unpaired) electrons. The fraction of sp³-hybridized carbons (Fsp3) is 0.722. The van der Waals surface area contributed by atoms with Crippen LogP contribution in [0.5, 0.6) is 0 Å². The highest BCUT2D eigenvalue weighted by atomic mass is 127. The number of halogens is 1. The fourth-order valence-corrected chi connectivity index (χ4v) is 13.3. The van der Waals surface area contributed by atoms with E-state index in [0.29, 0.717) is 21.7 Å². The number of benzene rings is 1. The number of rotatable bonds is 1. The maximum absolute atomic E-state index is 4.54. The summed E-state index contributed by atoms with van der Waals surface area (Å²) in [7, 11) is 0. The van der Waals surface area contributed by atoms with Crippen LogP contribution in [0.4, 0.5) is 0 Å². The number of H-pyrrole nitrogens is 1. The fourth-order valence-electron chi connectivity index (χ4n) is 12.8. The molecular formula is C36H50IN. The molecule has 5 aliphatic rings. The first-order valence-electron chi connectivity index (χ1n) is 15.7. The van der Waals surface area contributed by atoms with Gasteiger partial charge in [0, 0.05) is 25.6 Å². The van der Waals surface area contributed by atoms with Crippen LogP contribution in [0, 0.1) is 54.8 Å². The van der Waals surface area contributed by atoms with Gasteiger partial charge in [-0.05, 0) is 156 Å². The SMILES string of the molecule is C=C(C)[C@@H]1CC[C@]2(C)CC[C@]3(C)[C@H](CC[C@@H]4[C@@]5(C)Cc6c([nH]c7cc(I)ccc67)C(C)(C)[C@@H]5CC[C@]43C)[C@@H]12. The summed E-state index contributed by atoms with van der Waals surface area (Å²) >= 11 is 2.47. The average molecular weight is 624 g/mol. The monoisotopic (exact) mass is 623 g/mol. The molecule has 0 aliphatic heterocycles. The zero-order chi connectivity index (χ0) is 27.0. The van der Waals surface area contributed by atoms with Gasteiger partial charge in [-0.15, -0.1) is 0 Å². The van der Waals surface area contributed by atoms with E-state index in [9.17, 15) is 0 Å². The Hall–Kier alpha value is -0.770. The minimum atomic E-state index is 0.188. The summed E-state index contributed by atoms with van der Waals surface area (Å²) in [5.74, 6) is 4.03. The third-order valence-corrected chi connectivity index (χ3v) is 15.4. The molecular weight excluding hydrogens is 573 g/mol. The molecule has 0 bridgehead atoms. The first-order valence-corrected chi connectivity index (χ1v) is 16.8. The molecule has 206 valence electrons. The van der Waals surface area contributed by atoms with E-state index in [1.165, 1.54) is 77.8 Å². The summed E-state index contributed by atoms with van der Waals surface area (Å²) in [6, 6.07) is 7.09. The Bertz CT molecular complexity index is 1330. The van der Waals surface area contributed by atoms with Crippen LogP contribution < -0.4 is 0 Å². The summed E-state index contributed by atoms with van der Waals surface area (Å²) in [5, 5.41) is 1.49. The van der Waals surface area contributed by atoms with Crippen LogP contribution in [0.2, 0.25) is 0 Å². The number of hydrogen-bond acceptors (Lipinski definition) is 0. The molecule has 1 nitrogen and oxygen atoms in total. The second-order valence-electron chi connectivity index (χ2n) is 16.4. The number of aromatic nitrogens is 1. The molecule has 2 aromatic rings. The molecule has 38 heavy (non-hydrogen) atoms. The van der Waals surface area contributed by atoms with Gasteiger partial charge in [-0.2, -0.15) is 0 Å². The Morgan fingerprint density at radius 1 is 0.895 bits per heavy atom. The number of allylic oxidation sites excluding steroid dienone is 1. The summed E-state index contributed by atoms with van der Waals surface area (Å²) in [6.07, 6.45) is 12.6. The van der Waals surface area contributed by atoms with Crippen LogP contribution in [0.3, 0.4) is 0 Å². The molecule has 7 rings (SSSR count). The number of nitrogens with one attached hydrogen (secondary N) is 1. The van der Waals surface area contributed by atoms with Gasteiger partial charge in [0.25, 0.3) is 0 Å². The van der Waals surface area contributed by atoms with E-state index in [4.69, 9.17) is 0 Å². The van der Waals surface area contributed by atoms with Crippen molar-refractivity contribution in [2.75, 3.05) is 0 Å². The van der Waals surface area contributed by atoms with Crippen LogP contribution in [-0.2, 0) is 11.8 Å². The summed E-state index contributed by atoms with van der Waals surface area (Å²) in [4.78, 5) is 3.96. The smallest absolute Gasteiger partial charge is 0.0469 e. The minimum Gasteiger partial charge on any atom is -0.358 e. The van der Waals surface area contributed by atoms with Gasteiger partial charge in [0.15, 0.2) is 0 Å². The van der Waals surface area contributed by atoms with Crippen molar-refractivity contribution in [1.82, 2.24) is 4.98 Å². The van der Waals surface area contributed by atoms with E-state index in [-0.39, 0.29) is 5.41 Å². The van der Waals surface area contributed by atoms with Gasteiger partial charge < -0.3 is 4.98 Å². The van der Waals surface area contributed by atoms with Crippen molar-refractivity contribution >= 4 is 33.5 Å². The molecule has 5 aliphatic carbocycles. The third-order valence-electron chi connectivity index (χ3n) is 14.7. The molecule has 2 heteroatoms. The lowest BCUT2D eigenvalue weighted by atomic mass is 9.32. The molecule has 4 saturated carbocycles. The van der Waals surface area contributed by atoms with Gasteiger partial charge in [0.05, 0.1) is 0 Å². The molecule has 1 aromatic carbocycles. The number of fused-ring (bicyclic) bond motifs is 10. The van der Waals surface area contributed by atoms with E-state index in [1.54, 1.807) is 11.3 Å². The Morgan fingerprint density at radius 3 is 2.39 bits per heavy atom. The van der Waals surface area contributed by atoms with Crippen LogP contribution in [0.25, 0.3) is 10.9 Å². The second kappa shape index (κ2) is 7.95. The van der Waals surface area contributed by atoms with Gasteiger partial charge in [0.2, 0.25) is 0 Å². The molecule has 1 heterocycles. The normalized spacial score (nSPS) is 47.0. The third kappa shape index (κ3) is 3.06. The first-order chi connectivity index (χ1) is 17.8.